The first kappa shape index (κ1) is 20.2. The molecule has 1 amide bonds. The van der Waals surface area contributed by atoms with E-state index in [1.165, 1.54) is 18.7 Å². The summed E-state index contributed by atoms with van der Waals surface area (Å²) in [7, 11) is 0. The zero-order chi connectivity index (χ0) is 19.1. The van der Waals surface area contributed by atoms with Gasteiger partial charge in [0.2, 0.25) is 5.91 Å². The van der Waals surface area contributed by atoms with Crippen molar-refractivity contribution in [2.24, 2.45) is 5.92 Å². The summed E-state index contributed by atoms with van der Waals surface area (Å²) in [4.78, 5) is 24.5. The number of aliphatic hydroxyl groups is 1. The number of rotatable bonds is 8. The van der Waals surface area contributed by atoms with Gasteiger partial charge < -0.3 is 10.4 Å². The highest BCUT2D eigenvalue weighted by Gasteiger charge is 2.25. The van der Waals surface area contributed by atoms with E-state index in [9.17, 15) is 14.7 Å². The van der Waals surface area contributed by atoms with Crippen LogP contribution in [0.5, 0.6) is 0 Å². The van der Waals surface area contributed by atoms with Gasteiger partial charge in [-0.1, -0.05) is 56.3 Å². The molecule has 2 unspecified atom stereocenters. The fourth-order valence-electron chi connectivity index (χ4n) is 2.64. The number of amides is 1. The Morgan fingerprint density at radius 2 is 1.65 bits per heavy atom. The van der Waals surface area contributed by atoms with Gasteiger partial charge in [0.05, 0.1) is 17.0 Å². The molecule has 0 saturated heterocycles. The summed E-state index contributed by atoms with van der Waals surface area (Å²) in [6, 6.07) is 16.4. The number of carbonyl (C=O) groups is 2. The van der Waals surface area contributed by atoms with Crippen molar-refractivity contribution in [3.8, 4) is 0 Å². The lowest BCUT2D eigenvalue weighted by Gasteiger charge is -2.22. The number of benzene rings is 2. The van der Waals surface area contributed by atoms with Gasteiger partial charge >= 0.3 is 0 Å². The molecule has 0 bridgehead atoms. The van der Waals surface area contributed by atoms with Gasteiger partial charge in [0.1, 0.15) is 0 Å². The summed E-state index contributed by atoms with van der Waals surface area (Å²) in [6.07, 6.45) is -0.625. The van der Waals surface area contributed by atoms with Gasteiger partial charge in [-0.15, -0.1) is 11.8 Å². The van der Waals surface area contributed by atoms with Gasteiger partial charge in [-0.2, -0.15) is 0 Å². The minimum Gasteiger partial charge on any atom is -0.388 e. The minimum atomic E-state index is -0.625. The summed E-state index contributed by atoms with van der Waals surface area (Å²) in [6.45, 7) is 5.43. The predicted molar refractivity (Wildman–Crippen MR) is 108 cm³/mol. The summed E-state index contributed by atoms with van der Waals surface area (Å²) in [5.41, 5.74) is 1.86. The van der Waals surface area contributed by atoms with Crippen molar-refractivity contribution in [2.45, 2.75) is 32.1 Å². The van der Waals surface area contributed by atoms with Crippen LogP contribution < -0.4 is 5.32 Å². The summed E-state index contributed by atoms with van der Waals surface area (Å²) in [5.74, 6) is 0.273. The summed E-state index contributed by atoms with van der Waals surface area (Å²) in [5, 5.41) is 12.9. The van der Waals surface area contributed by atoms with Crippen molar-refractivity contribution in [3.05, 3.63) is 65.7 Å². The highest BCUT2D eigenvalue weighted by molar-refractivity contribution is 8.00. The Morgan fingerprint density at radius 1 is 1.04 bits per heavy atom. The van der Waals surface area contributed by atoms with E-state index in [4.69, 9.17) is 0 Å². The SMILES string of the molecule is CC(=O)c1ccccc1NC(=O)C(SCC(O)c1ccccc1)C(C)C. The highest BCUT2D eigenvalue weighted by atomic mass is 32.2. The average molecular weight is 372 g/mol. The molecule has 0 heterocycles. The molecule has 2 aromatic rings. The van der Waals surface area contributed by atoms with Crippen LogP contribution in [0.4, 0.5) is 5.69 Å². The van der Waals surface area contributed by atoms with Crippen LogP contribution in [0.15, 0.2) is 54.6 Å². The number of para-hydroxylation sites is 1. The lowest BCUT2D eigenvalue weighted by Crippen LogP contribution is -2.31. The fraction of sp³-hybridized carbons (Fsp3) is 0.333. The quantitative estimate of drug-likeness (QED) is 0.678. The molecule has 2 atom stereocenters. The van der Waals surface area contributed by atoms with Crippen LogP contribution >= 0.6 is 11.8 Å². The molecule has 0 radical (unpaired) electrons. The Hall–Kier alpha value is -2.11. The maximum Gasteiger partial charge on any atom is 0.237 e. The van der Waals surface area contributed by atoms with E-state index in [1.54, 1.807) is 24.3 Å². The van der Waals surface area contributed by atoms with Crippen molar-refractivity contribution >= 4 is 29.1 Å². The normalized spacial score (nSPS) is 13.3. The first-order valence-electron chi connectivity index (χ1n) is 8.65. The Morgan fingerprint density at radius 3 is 2.27 bits per heavy atom. The van der Waals surface area contributed by atoms with Gasteiger partial charge in [0, 0.05) is 11.3 Å². The van der Waals surface area contributed by atoms with Crippen LogP contribution in [-0.2, 0) is 4.79 Å². The molecule has 138 valence electrons. The first-order valence-corrected chi connectivity index (χ1v) is 9.70. The van der Waals surface area contributed by atoms with E-state index in [-0.39, 0.29) is 22.9 Å². The smallest absolute Gasteiger partial charge is 0.237 e. The summed E-state index contributed by atoms with van der Waals surface area (Å²) < 4.78 is 0. The molecule has 0 aliphatic rings. The molecule has 26 heavy (non-hydrogen) atoms. The average Bonchev–Trinajstić information content (AvgIpc) is 2.62. The number of anilines is 1. The Bertz CT molecular complexity index is 746. The van der Waals surface area contributed by atoms with E-state index in [2.05, 4.69) is 5.32 Å². The van der Waals surface area contributed by atoms with Crippen LogP contribution in [0.3, 0.4) is 0 Å². The van der Waals surface area contributed by atoms with E-state index < -0.39 is 6.10 Å². The van der Waals surface area contributed by atoms with E-state index in [1.807, 2.05) is 44.2 Å². The number of thioether (sulfide) groups is 1. The molecule has 0 aliphatic heterocycles. The molecular weight excluding hydrogens is 346 g/mol. The van der Waals surface area contributed by atoms with E-state index in [0.717, 1.165) is 5.56 Å². The largest absolute Gasteiger partial charge is 0.388 e. The third kappa shape index (κ3) is 5.44. The number of hydrogen-bond acceptors (Lipinski definition) is 4. The molecule has 0 saturated carbocycles. The van der Waals surface area contributed by atoms with Crippen LogP contribution in [0.2, 0.25) is 0 Å². The molecule has 2 N–H and O–H groups in total. The highest BCUT2D eigenvalue weighted by Crippen LogP contribution is 2.27. The molecule has 0 fully saturated rings. The van der Waals surface area contributed by atoms with Crippen LogP contribution in [-0.4, -0.2) is 27.8 Å². The molecule has 4 nitrogen and oxygen atoms in total. The maximum atomic E-state index is 12.8. The summed E-state index contributed by atoms with van der Waals surface area (Å²) >= 11 is 1.43. The second kappa shape index (κ2) is 9.55. The van der Waals surface area contributed by atoms with Crippen LogP contribution in [0.1, 0.15) is 42.8 Å². The topological polar surface area (TPSA) is 66.4 Å². The van der Waals surface area contributed by atoms with Crippen molar-refractivity contribution in [3.63, 3.8) is 0 Å². The zero-order valence-corrected chi connectivity index (χ0v) is 16.1. The Labute approximate surface area is 159 Å². The van der Waals surface area contributed by atoms with E-state index >= 15 is 0 Å². The van der Waals surface area contributed by atoms with Gasteiger partial charge in [-0.05, 0) is 30.5 Å². The second-order valence-corrected chi connectivity index (χ2v) is 7.69. The predicted octanol–water partition coefficient (Wildman–Crippen LogP) is 4.32. The van der Waals surface area contributed by atoms with Crippen molar-refractivity contribution in [1.82, 2.24) is 0 Å². The zero-order valence-electron chi connectivity index (χ0n) is 15.3. The maximum absolute atomic E-state index is 12.8. The second-order valence-electron chi connectivity index (χ2n) is 6.52. The Kier molecular flexibility index (Phi) is 7.42. The molecule has 2 rings (SSSR count). The number of hydrogen-bond donors (Lipinski definition) is 2. The van der Waals surface area contributed by atoms with Crippen molar-refractivity contribution < 1.29 is 14.7 Å². The van der Waals surface area contributed by atoms with Crippen LogP contribution in [0, 0.1) is 5.92 Å². The fourth-order valence-corrected chi connectivity index (χ4v) is 3.82. The number of nitrogens with one attached hydrogen (secondary N) is 1. The van der Waals surface area contributed by atoms with Gasteiger partial charge in [-0.3, -0.25) is 9.59 Å². The van der Waals surface area contributed by atoms with Gasteiger partial charge in [-0.25, -0.2) is 0 Å². The lowest BCUT2D eigenvalue weighted by atomic mass is 10.1. The van der Waals surface area contributed by atoms with Crippen molar-refractivity contribution in [2.75, 3.05) is 11.1 Å². The molecular formula is C21H25NO3S. The molecule has 2 aromatic carbocycles. The third-order valence-corrected chi connectivity index (χ3v) is 5.67. The molecule has 0 aliphatic carbocycles. The van der Waals surface area contributed by atoms with E-state index in [0.29, 0.717) is 17.0 Å². The molecule has 5 heteroatoms. The number of ketones is 1. The monoisotopic (exact) mass is 371 g/mol. The Balaban J connectivity index is 2.05. The minimum absolute atomic E-state index is 0.0888. The number of aliphatic hydroxyl groups excluding tert-OH is 1. The van der Waals surface area contributed by atoms with Crippen molar-refractivity contribution in [1.29, 1.82) is 0 Å². The number of Topliss-reactive ketones (excluding diaryl/α,β-unsaturated/α-hetero) is 1. The number of carbonyl (C=O) groups excluding carboxylic acids is 2. The van der Waals surface area contributed by atoms with Gasteiger partial charge in [0.15, 0.2) is 5.78 Å². The lowest BCUT2D eigenvalue weighted by molar-refractivity contribution is -0.116. The van der Waals surface area contributed by atoms with Gasteiger partial charge in [0.25, 0.3) is 0 Å². The molecule has 0 spiro atoms. The first-order chi connectivity index (χ1) is 12.4. The standard InChI is InChI=1S/C21H25NO3S/c1-14(2)20(26-13-19(24)16-9-5-4-6-10-16)21(25)22-18-12-8-7-11-17(18)15(3)23/h4-12,14,19-20,24H,13H2,1-3H3,(H,22,25). The third-order valence-electron chi connectivity index (χ3n) is 4.05. The molecule has 0 aromatic heterocycles. The van der Waals surface area contributed by atoms with Crippen LogP contribution in [0.25, 0.3) is 0 Å².